The van der Waals surface area contributed by atoms with Crippen LogP contribution in [0.2, 0.25) is 0 Å². The molecule has 2 rings (SSSR count). The van der Waals surface area contributed by atoms with Gasteiger partial charge in [-0.2, -0.15) is 0 Å². The van der Waals surface area contributed by atoms with Gasteiger partial charge in [0.15, 0.2) is 0 Å². The molecule has 1 atom stereocenters. The first kappa shape index (κ1) is 11.9. The molecule has 2 N–H and O–H groups in total. The second kappa shape index (κ2) is 4.37. The lowest BCUT2D eigenvalue weighted by Crippen LogP contribution is -2.37. The quantitative estimate of drug-likeness (QED) is 0.857. The molecule has 1 aromatic heterocycles. The Labute approximate surface area is 97.4 Å². The van der Waals surface area contributed by atoms with Crippen molar-refractivity contribution in [3.8, 4) is 0 Å². The normalized spacial score (nSPS) is 21.3. The number of primary amides is 1. The summed E-state index contributed by atoms with van der Waals surface area (Å²) < 4.78 is 26.2. The van der Waals surface area contributed by atoms with E-state index in [4.69, 9.17) is 5.73 Å². The van der Waals surface area contributed by atoms with Gasteiger partial charge in [-0.15, -0.1) is 0 Å². The van der Waals surface area contributed by atoms with Crippen molar-refractivity contribution in [3.05, 3.63) is 30.1 Å². The van der Waals surface area contributed by atoms with E-state index in [1.54, 1.807) is 18.3 Å². The number of nitrogens with zero attached hydrogens (tertiary/aromatic N) is 2. The average molecular weight is 241 g/mol. The number of hydrogen-bond donors (Lipinski definition) is 1. The highest BCUT2D eigenvalue weighted by Crippen LogP contribution is 2.32. The maximum atomic E-state index is 13.1. The third-order valence-electron chi connectivity index (χ3n) is 2.83. The van der Waals surface area contributed by atoms with Crippen LogP contribution >= 0.6 is 0 Å². The maximum Gasteiger partial charge on any atom is 0.261 e. The van der Waals surface area contributed by atoms with E-state index in [1.807, 2.05) is 0 Å². The molecule has 0 spiro atoms. The monoisotopic (exact) mass is 241 g/mol. The van der Waals surface area contributed by atoms with E-state index in [0.29, 0.717) is 5.56 Å². The minimum atomic E-state index is -2.74. The van der Waals surface area contributed by atoms with Crippen molar-refractivity contribution in [2.75, 3.05) is 13.1 Å². The molecular weight excluding hydrogens is 228 g/mol. The number of alkyl halides is 2. The van der Waals surface area contributed by atoms with E-state index in [-0.39, 0.29) is 13.0 Å². The molecule has 6 heteroatoms. The largest absolute Gasteiger partial charge is 0.368 e. The Bertz CT molecular complexity index is 410. The van der Waals surface area contributed by atoms with Crippen molar-refractivity contribution < 1.29 is 13.6 Å². The zero-order chi connectivity index (χ0) is 12.5. The summed E-state index contributed by atoms with van der Waals surface area (Å²) >= 11 is 0. The summed E-state index contributed by atoms with van der Waals surface area (Å²) in [7, 11) is 0. The predicted octanol–water partition coefficient (Wildman–Crippen LogP) is 0.949. The smallest absolute Gasteiger partial charge is 0.261 e. The standard InChI is InChI=1S/C11H13F2N3O/c12-11(13)3-5-16(7-11)9(10(14)17)8-2-1-4-15-6-8/h1-2,4,6,9H,3,5,7H2,(H2,14,17). The SMILES string of the molecule is NC(=O)C(c1cccnc1)N1CCC(F)(F)C1. The Balaban J connectivity index is 2.23. The van der Waals surface area contributed by atoms with Crippen LogP contribution in [0.4, 0.5) is 8.78 Å². The highest BCUT2D eigenvalue weighted by Gasteiger charge is 2.42. The van der Waals surface area contributed by atoms with Crippen molar-refractivity contribution in [3.63, 3.8) is 0 Å². The first-order valence-corrected chi connectivity index (χ1v) is 5.31. The van der Waals surface area contributed by atoms with Gasteiger partial charge in [-0.3, -0.25) is 14.7 Å². The van der Waals surface area contributed by atoms with E-state index in [0.717, 1.165) is 0 Å². The second-order valence-corrected chi connectivity index (χ2v) is 4.17. The highest BCUT2D eigenvalue weighted by atomic mass is 19.3. The van der Waals surface area contributed by atoms with Crippen molar-refractivity contribution in [1.82, 2.24) is 9.88 Å². The van der Waals surface area contributed by atoms with Gasteiger partial charge in [0.2, 0.25) is 5.91 Å². The molecule has 1 aliphatic rings. The van der Waals surface area contributed by atoms with Crippen LogP contribution in [0.1, 0.15) is 18.0 Å². The highest BCUT2D eigenvalue weighted by molar-refractivity contribution is 5.81. The Morgan fingerprint density at radius 1 is 1.59 bits per heavy atom. The molecule has 1 amide bonds. The van der Waals surface area contributed by atoms with Gasteiger partial charge >= 0.3 is 0 Å². The molecular formula is C11H13F2N3O. The number of rotatable bonds is 3. The van der Waals surface area contributed by atoms with Crippen LogP contribution in [0.25, 0.3) is 0 Å². The van der Waals surface area contributed by atoms with Crippen LogP contribution in [0.3, 0.4) is 0 Å². The molecule has 1 unspecified atom stereocenters. The molecule has 1 aliphatic heterocycles. The molecule has 4 nitrogen and oxygen atoms in total. The molecule has 0 radical (unpaired) electrons. The number of halogens is 2. The van der Waals surface area contributed by atoms with Gasteiger partial charge in [-0.25, -0.2) is 8.78 Å². The Kier molecular flexibility index (Phi) is 3.06. The minimum Gasteiger partial charge on any atom is -0.368 e. The van der Waals surface area contributed by atoms with Crippen molar-refractivity contribution >= 4 is 5.91 Å². The van der Waals surface area contributed by atoms with Crippen LogP contribution in [0, 0.1) is 0 Å². The number of amides is 1. The van der Waals surface area contributed by atoms with Crippen LogP contribution < -0.4 is 5.73 Å². The molecule has 0 bridgehead atoms. The number of carbonyl (C=O) groups excluding carboxylic acids is 1. The van der Waals surface area contributed by atoms with Crippen LogP contribution in [-0.2, 0) is 4.79 Å². The Morgan fingerprint density at radius 3 is 2.82 bits per heavy atom. The lowest BCUT2D eigenvalue weighted by Gasteiger charge is -2.24. The summed E-state index contributed by atoms with van der Waals surface area (Å²) in [5.74, 6) is -3.37. The first-order chi connectivity index (χ1) is 7.99. The van der Waals surface area contributed by atoms with Gasteiger partial charge in [0, 0.05) is 25.4 Å². The maximum absolute atomic E-state index is 13.1. The number of nitrogens with two attached hydrogens (primary N) is 1. The van der Waals surface area contributed by atoms with Gasteiger partial charge < -0.3 is 5.73 Å². The molecule has 0 saturated carbocycles. The topological polar surface area (TPSA) is 59.2 Å². The van der Waals surface area contributed by atoms with E-state index in [2.05, 4.69) is 4.98 Å². The molecule has 1 fully saturated rings. The third-order valence-corrected chi connectivity index (χ3v) is 2.83. The second-order valence-electron chi connectivity index (χ2n) is 4.17. The lowest BCUT2D eigenvalue weighted by molar-refractivity contribution is -0.123. The number of likely N-dealkylation sites (tertiary alicyclic amines) is 1. The lowest BCUT2D eigenvalue weighted by atomic mass is 10.1. The third kappa shape index (κ3) is 2.58. The van der Waals surface area contributed by atoms with Gasteiger partial charge in [0.25, 0.3) is 5.92 Å². The molecule has 0 aliphatic carbocycles. The molecule has 2 heterocycles. The summed E-state index contributed by atoms with van der Waals surface area (Å²) in [4.78, 5) is 16.7. The Morgan fingerprint density at radius 2 is 2.35 bits per heavy atom. The summed E-state index contributed by atoms with van der Waals surface area (Å²) in [5, 5.41) is 0. The summed E-state index contributed by atoms with van der Waals surface area (Å²) in [6, 6.07) is 2.50. The summed E-state index contributed by atoms with van der Waals surface area (Å²) in [5.41, 5.74) is 5.84. The minimum absolute atomic E-state index is 0.162. The molecule has 92 valence electrons. The fourth-order valence-electron chi connectivity index (χ4n) is 2.08. The van der Waals surface area contributed by atoms with Crippen LogP contribution in [0.15, 0.2) is 24.5 Å². The summed E-state index contributed by atoms with van der Waals surface area (Å²) in [6.07, 6.45) is 2.79. The van der Waals surface area contributed by atoms with Crippen LogP contribution in [-0.4, -0.2) is 34.8 Å². The molecule has 1 aromatic rings. The number of aromatic nitrogens is 1. The number of hydrogen-bond acceptors (Lipinski definition) is 3. The van der Waals surface area contributed by atoms with Gasteiger partial charge in [0.05, 0.1) is 6.54 Å². The van der Waals surface area contributed by atoms with Gasteiger partial charge in [-0.05, 0) is 11.6 Å². The zero-order valence-electron chi connectivity index (χ0n) is 9.14. The fourth-order valence-corrected chi connectivity index (χ4v) is 2.08. The molecule has 0 aromatic carbocycles. The number of pyridine rings is 1. The van der Waals surface area contributed by atoms with Crippen LogP contribution in [0.5, 0.6) is 0 Å². The van der Waals surface area contributed by atoms with Crippen molar-refractivity contribution in [1.29, 1.82) is 0 Å². The zero-order valence-corrected chi connectivity index (χ0v) is 9.14. The average Bonchev–Trinajstić information content (AvgIpc) is 2.60. The predicted molar refractivity (Wildman–Crippen MR) is 57.3 cm³/mol. The molecule has 17 heavy (non-hydrogen) atoms. The molecule has 1 saturated heterocycles. The number of carbonyl (C=O) groups is 1. The van der Waals surface area contributed by atoms with E-state index in [9.17, 15) is 13.6 Å². The van der Waals surface area contributed by atoms with Gasteiger partial charge in [0.1, 0.15) is 6.04 Å². The van der Waals surface area contributed by atoms with E-state index < -0.39 is 24.4 Å². The fraction of sp³-hybridized carbons (Fsp3) is 0.455. The van der Waals surface area contributed by atoms with E-state index >= 15 is 0 Å². The van der Waals surface area contributed by atoms with Gasteiger partial charge in [-0.1, -0.05) is 6.07 Å². The van der Waals surface area contributed by atoms with Crippen molar-refractivity contribution in [2.45, 2.75) is 18.4 Å². The van der Waals surface area contributed by atoms with Crippen molar-refractivity contribution in [2.24, 2.45) is 5.73 Å². The summed E-state index contributed by atoms with van der Waals surface area (Å²) in [6.45, 7) is -0.273. The van der Waals surface area contributed by atoms with E-state index in [1.165, 1.54) is 11.1 Å². The first-order valence-electron chi connectivity index (χ1n) is 5.31. The Hall–Kier alpha value is -1.56.